The highest BCUT2D eigenvalue weighted by Gasteiger charge is 2.27. The molecule has 11 aromatic rings. The first-order valence-electron chi connectivity index (χ1n) is 22.7. The van der Waals surface area contributed by atoms with Crippen LogP contribution < -0.4 is 0 Å². The van der Waals surface area contributed by atoms with Gasteiger partial charge in [0.15, 0.2) is 0 Å². The van der Waals surface area contributed by atoms with Crippen molar-refractivity contribution in [3.8, 4) is 56.1 Å². The molecule has 1 aliphatic carbocycles. The van der Waals surface area contributed by atoms with E-state index in [1.807, 2.05) is 12.4 Å². The fourth-order valence-electron chi connectivity index (χ4n) is 10.0. The van der Waals surface area contributed by atoms with Crippen LogP contribution in [-0.2, 0) is 11.8 Å². The van der Waals surface area contributed by atoms with E-state index in [2.05, 4.69) is 236 Å². The van der Waals surface area contributed by atoms with Crippen molar-refractivity contribution in [3.05, 3.63) is 242 Å². The smallest absolute Gasteiger partial charge is 0.234 e. The summed E-state index contributed by atoms with van der Waals surface area (Å²) in [7, 11) is 0. The summed E-state index contributed by atoms with van der Waals surface area (Å²) in [4.78, 5) is 9.96. The van der Waals surface area contributed by atoms with E-state index >= 15 is 0 Å². The van der Waals surface area contributed by atoms with Crippen molar-refractivity contribution in [2.45, 2.75) is 25.7 Å². The standard InChI is InChI=1S/C62H46N4/c1-41-15-6-4-9-18-45-29-32-51(38-56(45)62(41,2)3)65-57-23-12-10-21-52(57)54-36-48(30-33-59(54)65)49-31-34-60-55(37-49)53-22-11-13-24-58(53)66(60)61-63-39-50(40-64-61)44-27-25-43(26-28-44)47-20-14-19-46(35-47)42-16-7-5-8-17-42/h4-17,19-40H,1,18H2,2-3H3/b9-4-,15-6-. The zero-order valence-electron chi connectivity index (χ0n) is 37.0. The van der Waals surface area contributed by atoms with Gasteiger partial charge >= 0.3 is 0 Å². The third-order valence-electron chi connectivity index (χ3n) is 13.7. The summed E-state index contributed by atoms with van der Waals surface area (Å²) in [5.41, 5.74) is 18.4. The van der Waals surface area contributed by atoms with E-state index in [0.29, 0.717) is 5.95 Å². The number of fused-ring (bicyclic) bond motifs is 7. The molecule has 0 bridgehead atoms. The number of benzene rings is 8. The Hall–Kier alpha value is -8.34. The molecule has 0 radical (unpaired) electrons. The average Bonchev–Trinajstić information content (AvgIpc) is 3.90. The first-order chi connectivity index (χ1) is 32.4. The lowest BCUT2D eigenvalue weighted by molar-refractivity contribution is 0.634. The highest BCUT2D eigenvalue weighted by atomic mass is 15.1. The van der Waals surface area contributed by atoms with Gasteiger partial charge in [-0.2, -0.15) is 0 Å². The lowest BCUT2D eigenvalue weighted by atomic mass is 9.75. The Bertz CT molecular complexity index is 3750. The van der Waals surface area contributed by atoms with Gasteiger partial charge in [-0.3, -0.25) is 4.57 Å². The van der Waals surface area contributed by atoms with E-state index in [4.69, 9.17) is 9.97 Å². The number of hydrogen-bond donors (Lipinski definition) is 0. The van der Waals surface area contributed by atoms with Crippen LogP contribution in [0.2, 0.25) is 0 Å². The Morgan fingerprint density at radius 2 is 0.955 bits per heavy atom. The molecule has 4 nitrogen and oxygen atoms in total. The Balaban J connectivity index is 0.887. The lowest BCUT2D eigenvalue weighted by Crippen LogP contribution is -2.21. The molecule has 12 rings (SSSR count). The second-order valence-corrected chi connectivity index (χ2v) is 17.9. The van der Waals surface area contributed by atoms with Crippen molar-refractivity contribution in [2.24, 2.45) is 0 Å². The van der Waals surface area contributed by atoms with Crippen LogP contribution in [0.25, 0.3) is 99.8 Å². The van der Waals surface area contributed by atoms with E-state index in [9.17, 15) is 0 Å². The molecule has 314 valence electrons. The third kappa shape index (κ3) is 6.61. The van der Waals surface area contributed by atoms with Gasteiger partial charge < -0.3 is 4.57 Å². The number of rotatable bonds is 6. The van der Waals surface area contributed by atoms with Gasteiger partial charge in [0.25, 0.3) is 0 Å². The maximum absolute atomic E-state index is 4.98. The molecular weight excluding hydrogens is 801 g/mol. The van der Waals surface area contributed by atoms with Crippen LogP contribution in [0.3, 0.4) is 0 Å². The predicted molar refractivity (Wildman–Crippen MR) is 277 cm³/mol. The van der Waals surface area contributed by atoms with Crippen molar-refractivity contribution in [3.63, 3.8) is 0 Å². The third-order valence-corrected chi connectivity index (χ3v) is 13.7. The van der Waals surface area contributed by atoms with Gasteiger partial charge in [0.2, 0.25) is 5.95 Å². The molecule has 0 atom stereocenters. The molecule has 0 fully saturated rings. The zero-order valence-corrected chi connectivity index (χ0v) is 37.0. The molecule has 66 heavy (non-hydrogen) atoms. The van der Waals surface area contributed by atoms with Crippen molar-refractivity contribution >= 4 is 43.6 Å². The Morgan fingerprint density at radius 3 is 1.62 bits per heavy atom. The van der Waals surface area contributed by atoms with Crippen molar-refractivity contribution in [2.75, 3.05) is 0 Å². The van der Waals surface area contributed by atoms with Crippen molar-refractivity contribution < 1.29 is 0 Å². The summed E-state index contributed by atoms with van der Waals surface area (Å²) in [6, 6.07) is 65.9. The summed E-state index contributed by atoms with van der Waals surface area (Å²) >= 11 is 0. The maximum atomic E-state index is 4.98. The van der Waals surface area contributed by atoms with E-state index in [-0.39, 0.29) is 5.41 Å². The Kier molecular flexibility index (Phi) is 9.35. The van der Waals surface area contributed by atoms with Crippen LogP contribution in [0.4, 0.5) is 0 Å². The van der Waals surface area contributed by atoms with E-state index < -0.39 is 0 Å². The summed E-state index contributed by atoms with van der Waals surface area (Å²) < 4.78 is 4.61. The normalized spacial score (nSPS) is 14.5. The minimum Gasteiger partial charge on any atom is -0.309 e. The number of hydrogen-bond acceptors (Lipinski definition) is 2. The fraction of sp³-hybridized carbons (Fsp3) is 0.0645. The monoisotopic (exact) mass is 846 g/mol. The molecule has 0 saturated heterocycles. The number of para-hydroxylation sites is 2. The van der Waals surface area contributed by atoms with Crippen LogP contribution in [0.1, 0.15) is 25.0 Å². The lowest BCUT2D eigenvalue weighted by Gasteiger charge is -2.29. The summed E-state index contributed by atoms with van der Waals surface area (Å²) in [6.45, 7) is 9.07. The Labute approximate surface area is 384 Å². The maximum Gasteiger partial charge on any atom is 0.234 e. The summed E-state index contributed by atoms with van der Waals surface area (Å²) in [6.07, 6.45) is 13.4. The zero-order chi connectivity index (χ0) is 44.4. The topological polar surface area (TPSA) is 35.6 Å². The number of nitrogens with zero attached hydrogens (tertiary/aromatic N) is 4. The second-order valence-electron chi connectivity index (χ2n) is 17.9. The fourth-order valence-corrected chi connectivity index (χ4v) is 10.0. The first-order valence-corrected chi connectivity index (χ1v) is 22.7. The molecule has 0 amide bonds. The van der Waals surface area contributed by atoms with Gasteiger partial charge in [-0.1, -0.05) is 172 Å². The summed E-state index contributed by atoms with van der Waals surface area (Å²) in [5, 5.41) is 4.79. The predicted octanol–water partition coefficient (Wildman–Crippen LogP) is 15.8. The molecule has 4 heteroatoms. The minimum absolute atomic E-state index is 0.220. The van der Waals surface area contributed by atoms with Crippen molar-refractivity contribution in [1.82, 2.24) is 19.1 Å². The SMILES string of the molecule is C=C1/C=C\C=C/Cc2ccc(-n3c4ccccc4c4cc(-c5ccc6c(c5)c5ccccc5n6-c5ncc(-c6ccc(-c7cccc(-c8ccccc8)c7)cc6)cn5)ccc43)cc2C1(C)C. The minimum atomic E-state index is -0.220. The van der Waals surface area contributed by atoms with Gasteiger partial charge in [-0.25, -0.2) is 9.97 Å². The van der Waals surface area contributed by atoms with Crippen LogP contribution in [0.15, 0.2) is 231 Å². The molecule has 3 aromatic heterocycles. The molecule has 0 saturated carbocycles. The van der Waals surface area contributed by atoms with Crippen LogP contribution in [0, 0.1) is 0 Å². The second kappa shape index (κ2) is 15.7. The highest BCUT2D eigenvalue weighted by Crippen LogP contribution is 2.41. The van der Waals surface area contributed by atoms with E-state index in [1.54, 1.807) is 0 Å². The van der Waals surface area contributed by atoms with Crippen LogP contribution in [-0.4, -0.2) is 19.1 Å². The molecule has 8 aromatic carbocycles. The first kappa shape index (κ1) is 39.3. The average molecular weight is 847 g/mol. The van der Waals surface area contributed by atoms with Crippen molar-refractivity contribution in [1.29, 1.82) is 0 Å². The highest BCUT2D eigenvalue weighted by molar-refractivity contribution is 6.12. The van der Waals surface area contributed by atoms with E-state index in [0.717, 1.165) is 56.2 Å². The number of aromatic nitrogens is 4. The summed E-state index contributed by atoms with van der Waals surface area (Å²) in [5.74, 6) is 0.644. The van der Waals surface area contributed by atoms with Gasteiger partial charge in [-0.15, -0.1) is 0 Å². The molecule has 0 unspecified atom stereocenters. The molecule has 0 N–H and O–H groups in total. The van der Waals surface area contributed by atoms with Crippen LogP contribution in [0.5, 0.6) is 0 Å². The van der Waals surface area contributed by atoms with Gasteiger partial charge in [-0.05, 0) is 117 Å². The quantitative estimate of drug-likeness (QED) is 0.167. The number of allylic oxidation sites excluding steroid dienone is 5. The van der Waals surface area contributed by atoms with Crippen LogP contribution >= 0.6 is 0 Å². The van der Waals surface area contributed by atoms with Gasteiger partial charge in [0, 0.05) is 50.6 Å². The molecule has 0 aliphatic heterocycles. The Morgan fingerprint density at radius 1 is 0.439 bits per heavy atom. The molecule has 3 heterocycles. The van der Waals surface area contributed by atoms with Gasteiger partial charge in [0.05, 0.1) is 22.1 Å². The van der Waals surface area contributed by atoms with Gasteiger partial charge in [0.1, 0.15) is 0 Å². The van der Waals surface area contributed by atoms with E-state index in [1.165, 1.54) is 60.8 Å². The molecular formula is C62H46N4. The molecule has 0 spiro atoms. The molecule has 1 aliphatic rings. The largest absolute Gasteiger partial charge is 0.309 e.